The molecule has 1 amide bonds. The van der Waals surface area contributed by atoms with Crippen LogP contribution >= 0.6 is 0 Å². The number of ether oxygens (including phenoxy) is 3. The minimum Gasteiger partial charge on any atom is -0.481 e. The Morgan fingerprint density at radius 3 is 2.34 bits per heavy atom. The molecule has 2 aromatic carbocycles. The van der Waals surface area contributed by atoms with E-state index in [1.54, 1.807) is 32.3 Å². The molecule has 2 aliphatic heterocycles. The van der Waals surface area contributed by atoms with E-state index in [4.69, 9.17) is 28.6 Å². The summed E-state index contributed by atoms with van der Waals surface area (Å²) in [5.41, 5.74) is 5.39. The molecular formula is C37H36F3N7O6. The highest BCUT2D eigenvalue weighted by Gasteiger charge is 2.42. The number of nitrogens with one attached hydrogen (secondary N) is 1. The van der Waals surface area contributed by atoms with Crippen LogP contribution in [0, 0.1) is 20.8 Å². The number of rotatable bonds is 8. The Morgan fingerprint density at radius 1 is 0.943 bits per heavy atom. The number of anilines is 1. The van der Waals surface area contributed by atoms with Gasteiger partial charge in [-0.05, 0) is 80.3 Å². The van der Waals surface area contributed by atoms with E-state index in [-0.39, 0.29) is 23.9 Å². The van der Waals surface area contributed by atoms with E-state index < -0.39 is 35.7 Å². The van der Waals surface area contributed by atoms with Crippen molar-refractivity contribution in [1.82, 2.24) is 30.0 Å². The minimum atomic E-state index is -4.56. The van der Waals surface area contributed by atoms with Crippen molar-refractivity contribution in [2.45, 2.75) is 52.6 Å². The quantitative estimate of drug-likeness (QED) is 0.189. The van der Waals surface area contributed by atoms with E-state index in [1.165, 1.54) is 12.0 Å². The minimum absolute atomic E-state index is 0.0430. The van der Waals surface area contributed by atoms with E-state index in [1.807, 2.05) is 36.9 Å². The van der Waals surface area contributed by atoms with Crippen LogP contribution in [0.4, 0.5) is 23.9 Å². The molecule has 1 N–H and O–H groups in total. The topological polar surface area (TPSA) is 149 Å². The van der Waals surface area contributed by atoms with Crippen molar-refractivity contribution in [1.29, 1.82) is 0 Å². The van der Waals surface area contributed by atoms with Crippen molar-refractivity contribution in [3.05, 3.63) is 92.9 Å². The zero-order valence-corrected chi connectivity index (χ0v) is 29.6. The van der Waals surface area contributed by atoms with E-state index in [9.17, 15) is 22.8 Å². The monoisotopic (exact) mass is 731 g/mol. The first kappa shape index (κ1) is 35.6. The van der Waals surface area contributed by atoms with Crippen molar-refractivity contribution < 1.29 is 36.6 Å². The molecule has 5 aromatic rings. The molecule has 0 spiro atoms. The number of cyclic esters (lactones) is 1. The Hall–Kier alpha value is -5.77. The third-order valence-electron chi connectivity index (χ3n) is 9.46. The standard InChI is InChI=1S/C37H36F3N7O6/c1-19-10-23(14-26(11-19)37(38,39)40)31-22(4)47(36(49)52-31)18-29-28(17-42-34(43-29)46-6-8-51-9-7-46)27-15-25(16-41-33(27)50-5)30-20(2)12-24(13-21(30)3)32-44-45-35(48)53-32/h10-17,22,31H,6-9,18H2,1-5H3,(H,45,48)/t22-,31-/m0/s1. The molecule has 53 heavy (non-hydrogen) atoms. The zero-order valence-electron chi connectivity index (χ0n) is 29.6. The lowest BCUT2D eigenvalue weighted by atomic mass is 9.92. The van der Waals surface area contributed by atoms with Gasteiger partial charge < -0.3 is 23.5 Å². The molecule has 3 aromatic heterocycles. The molecule has 2 atom stereocenters. The van der Waals surface area contributed by atoms with Crippen LogP contribution in [0.1, 0.15) is 46.5 Å². The highest BCUT2D eigenvalue weighted by molar-refractivity contribution is 5.81. The Kier molecular flexibility index (Phi) is 9.40. The molecule has 0 radical (unpaired) electrons. The van der Waals surface area contributed by atoms with Crippen molar-refractivity contribution in [2.75, 3.05) is 38.3 Å². The van der Waals surface area contributed by atoms with Gasteiger partial charge in [0.25, 0.3) is 0 Å². The fourth-order valence-electron chi connectivity index (χ4n) is 6.97. The largest absolute Gasteiger partial charge is 0.481 e. The van der Waals surface area contributed by atoms with Crippen LogP contribution in [0.15, 0.2) is 58.0 Å². The molecule has 13 nitrogen and oxygen atoms in total. The van der Waals surface area contributed by atoms with Crippen LogP contribution in [-0.4, -0.2) is 75.6 Å². The average Bonchev–Trinajstić information content (AvgIpc) is 3.69. The van der Waals surface area contributed by atoms with Crippen LogP contribution in [0.25, 0.3) is 33.7 Å². The number of benzene rings is 2. The maximum absolute atomic E-state index is 13.7. The summed E-state index contributed by atoms with van der Waals surface area (Å²) in [6, 6.07) is 8.68. The number of carbonyl (C=O) groups is 1. The first-order valence-electron chi connectivity index (χ1n) is 16.9. The molecular weight excluding hydrogens is 695 g/mol. The summed E-state index contributed by atoms with van der Waals surface area (Å²) in [5, 5.41) is 6.23. The number of carbonyl (C=O) groups excluding carboxylic acids is 1. The van der Waals surface area contributed by atoms with Crippen LogP contribution in [-0.2, 0) is 22.2 Å². The lowest BCUT2D eigenvalue weighted by molar-refractivity contribution is -0.137. The first-order valence-corrected chi connectivity index (χ1v) is 16.9. The van der Waals surface area contributed by atoms with Crippen LogP contribution in [0.2, 0.25) is 0 Å². The number of morpholine rings is 1. The van der Waals surface area contributed by atoms with Gasteiger partial charge in [0.1, 0.15) is 6.10 Å². The van der Waals surface area contributed by atoms with Gasteiger partial charge in [0.2, 0.25) is 17.7 Å². The summed E-state index contributed by atoms with van der Waals surface area (Å²) in [5.74, 6) is 0.243. The second-order valence-corrected chi connectivity index (χ2v) is 13.1. The molecule has 0 saturated carbocycles. The smallest absolute Gasteiger partial charge is 0.434 e. The molecule has 0 aliphatic carbocycles. The summed E-state index contributed by atoms with van der Waals surface area (Å²) in [6.07, 6.45) is -2.84. The van der Waals surface area contributed by atoms with E-state index in [0.717, 1.165) is 34.4 Å². The van der Waals surface area contributed by atoms with Gasteiger partial charge >= 0.3 is 18.0 Å². The number of pyridine rings is 1. The van der Waals surface area contributed by atoms with Gasteiger partial charge in [-0.3, -0.25) is 4.90 Å². The van der Waals surface area contributed by atoms with Gasteiger partial charge in [0.05, 0.1) is 44.2 Å². The maximum Gasteiger partial charge on any atom is 0.434 e. The first-order chi connectivity index (χ1) is 25.3. The normalized spacial score (nSPS) is 17.7. The van der Waals surface area contributed by atoms with Crippen LogP contribution in [0.5, 0.6) is 5.88 Å². The fraction of sp³-hybridized carbons (Fsp3) is 0.351. The lowest BCUT2D eigenvalue weighted by Gasteiger charge is -2.28. The summed E-state index contributed by atoms with van der Waals surface area (Å²) < 4.78 is 63.3. The maximum atomic E-state index is 13.7. The molecule has 276 valence electrons. The summed E-state index contributed by atoms with van der Waals surface area (Å²) in [6.45, 7) is 9.24. The number of hydrogen-bond donors (Lipinski definition) is 1. The van der Waals surface area contributed by atoms with Gasteiger partial charge in [-0.2, -0.15) is 13.2 Å². The van der Waals surface area contributed by atoms with Gasteiger partial charge in [-0.15, -0.1) is 5.10 Å². The second-order valence-electron chi connectivity index (χ2n) is 13.1. The number of aryl methyl sites for hydroxylation is 3. The van der Waals surface area contributed by atoms with Gasteiger partial charge in [-0.25, -0.2) is 29.6 Å². The molecule has 7 rings (SSSR count). The number of H-pyrrole nitrogens is 1. The second kappa shape index (κ2) is 14.0. The van der Waals surface area contributed by atoms with Gasteiger partial charge in [0.15, 0.2) is 0 Å². The van der Waals surface area contributed by atoms with Gasteiger partial charge in [0, 0.05) is 47.7 Å². The molecule has 5 heterocycles. The summed E-state index contributed by atoms with van der Waals surface area (Å²) in [4.78, 5) is 42.8. The Morgan fingerprint density at radius 2 is 1.68 bits per heavy atom. The van der Waals surface area contributed by atoms with E-state index in [0.29, 0.717) is 60.2 Å². The van der Waals surface area contributed by atoms with Crippen LogP contribution in [0.3, 0.4) is 0 Å². The Balaban J connectivity index is 1.29. The predicted molar refractivity (Wildman–Crippen MR) is 186 cm³/mol. The SMILES string of the molecule is COc1ncc(-c2c(C)cc(-c3n[nH]c(=O)o3)cc2C)cc1-c1cnc(N2CCOCC2)nc1CN1C(=O)O[C@H](c2cc(C)cc(C(F)(F)F)c2)[C@@H]1C. The number of amides is 1. The molecule has 2 aliphatic rings. The summed E-state index contributed by atoms with van der Waals surface area (Å²) >= 11 is 0. The number of methoxy groups -OCH3 is 1. The third-order valence-corrected chi connectivity index (χ3v) is 9.46. The van der Waals surface area contributed by atoms with Gasteiger partial charge in [-0.1, -0.05) is 11.6 Å². The van der Waals surface area contributed by atoms with Crippen molar-refractivity contribution in [3.63, 3.8) is 0 Å². The summed E-state index contributed by atoms with van der Waals surface area (Å²) in [7, 11) is 1.50. The van der Waals surface area contributed by atoms with E-state index in [2.05, 4.69) is 15.2 Å². The number of aromatic nitrogens is 5. The zero-order chi connectivity index (χ0) is 37.6. The number of nitrogens with zero attached hydrogens (tertiary/aromatic N) is 6. The highest BCUT2D eigenvalue weighted by Crippen LogP contribution is 2.41. The van der Waals surface area contributed by atoms with Crippen molar-refractivity contribution >= 4 is 12.0 Å². The molecule has 16 heteroatoms. The number of alkyl halides is 3. The predicted octanol–water partition coefficient (Wildman–Crippen LogP) is 6.42. The Bertz CT molecular complexity index is 2230. The number of hydrogen-bond acceptors (Lipinski definition) is 11. The van der Waals surface area contributed by atoms with Crippen molar-refractivity contribution in [2.24, 2.45) is 0 Å². The lowest BCUT2D eigenvalue weighted by Crippen LogP contribution is -2.38. The number of aromatic amines is 1. The highest BCUT2D eigenvalue weighted by atomic mass is 19.4. The van der Waals surface area contributed by atoms with Crippen molar-refractivity contribution in [3.8, 4) is 39.6 Å². The van der Waals surface area contributed by atoms with E-state index >= 15 is 0 Å². The van der Waals surface area contributed by atoms with Crippen LogP contribution < -0.4 is 15.4 Å². The third kappa shape index (κ3) is 7.05. The molecule has 0 bridgehead atoms. The Labute approximate surface area is 301 Å². The molecule has 2 fully saturated rings. The fourth-order valence-corrected chi connectivity index (χ4v) is 6.97. The molecule has 0 unspecified atom stereocenters. The average molecular weight is 732 g/mol. The number of halogens is 3. The molecule has 2 saturated heterocycles.